The second-order valence-corrected chi connectivity index (χ2v) is 12.1. The van der Waals surface area contributed by atoms with Gasteiger partial charge in [-0.1, -0.05) is 31.2 Å². The van der Waals surface area contributed by atoms with E-state index in [4.69, 9.17) is 20.9 Å². The number of fused-ring (bicyclic) bond motifs is 2. The Morgan fingerprint density at radius 3 is 2.86 bits per heavy atom. The molecule has 1 aliphatic heterocycles. The average Bonchev–Trinajstić information content (AvgIpc) is 3.54. The van der Waals surface area contributed by atoms with Gasteiger partial charge in [0.05, 0.1) is 17.9 Å². The molecule has 0 fully saturated rings. The monoisotopic (exact) mass is 569 g/mol. The van der Waals surface area contributed by atoms with Gasteiger partial charge in [0.15, 0.2) is 0 Å². The summed E-state index contributed by atoms with van der Waals surface area (Å²) in [7, 11) is 8.00. The molecule has 2 unspecified atom stereocenters. The maximum absolute atomic E-state index is 5.90. The van der Waals surface area contributed by atoms with Gasteiger partial charge in [-0.05, 0) is 74.9 Å². The highest BCUT2D eigenvalue weighted by molar-refractivity contribution is 6.09. The van der Waals surface area contributed by atoms with Gasteiger partial charge < -0.3 is 16.0 Å². The molecule has 2 aromatic heterocycles. The fourth-order valence-corrected chi connectivity index (χ4v) is 6.11. The lowest BCUT2D eigenvalue weighted by Gasteiger charge is -2.33. The number of rotatable bonds is 9. The SMILES string of the molecule is CN=C/C(=C\N)c1cccc(Cc2c3c(nn2C)CCC2=C3C(C)CCC(C)(Nc3ccn(CCN(C)C)n3)/N=C\2)c1.[HH]. The highest BCUT2D eigenvalue weighted by Crippen LogP contribution is 2.42. The van der Waals surface area contributed by atoms with E-state index < -0.39 is 5.66 Å². The second kappa shape index (κ2) is 12.5. The van der Waals surface area contributed by atoms with Gasteiger partial charge in [-0.3, -0.25) is 19.3 Å². The fourth-order valence-electron chi connectivity index (χ4n) is 6.11. The van der Waals surface area contributed by atoms with E-state index in [-0.39, 0.29) is 1.43 Å². The standard InChI is InChI=1S/C33H45N9.H2/c1-23-12-14-33(2,37-30-13-15-42(39-30)17-16-40(4)5)36-22-26-10-11-28-32(31(23)26)29(41(6)38-28)19-24-8-7-9-25(18-24)27(20-34)21-35-3;/h7-9,13,15,18,20-23H,10-12,14,16-17,19,34H2,1-6H3,(H,37,39);1H/b27-20+,35-21?,36-22-;. The lowest BCUT2D eigenvalue weighted by molar-refractivity contribution is 0.373. The molecule has 2 aliphatic rings. The van der Waals surface area contributed by atoms with Crippen molar-refractivity contribution in [3.05, 3.63) is 76.4 Å². The summed E-state index contributed by atoms with van der Waals surface area (Å²) >= 11 is 0. The maximum atomic E-state index is 5.90. The summed E-state index contributed by atoms with van der Waals surface area (Å²) in [5.74, 6) is 1.25. The van der Waals surface area contributed by atoms with Gasteiger partial charge in [0.25, 0.3) is 0 Å². The molecule has 2 atom stereocenters. The van der Waals surface area contributed by atoms with Crippen molar-refractivity contribution < 1.29 is 1.43 Å². The highest BCUT2D eigenvalue weighted by Gasteiger charge is 2.33. The van der Waals surface area contributed by atoms with Crippen LogP contribution in [0, 0.1) is 5.92 Å². The number of nitrogens with one attached hydrogen (secondary N) is 1. The van der Waals surface area contributed by atoms with E-state index in [9.17, 15) is 0 Å². The Labute approximate surface area is 251 Å². The van der Waals surface area contributed by atoms with Crippen molar-refractivity contribution in [1.82, 2.24) is 24.5 Å². The number of aliphatic imine (C=N–C) groups is 2. The molecule has 5 rings (SSSR count). The van der Waals surface area contributed by atoms with Crippen LogP contribution >= 0.6 is 0 Å². The molecule has 9 heteroatoms. The summed E-state index contributed by atoms with van der Waals surface area (Å²) in [4.78, 5) is 11.5. The molecule has 0 saturated heterocycles. The van der Waals surface area contributed by atoms with E-state index in [1.165, 1.54) is 33.7 Å². The second-order valence-electron chi connectivity index (χ2n) is 12.1. The normalized spacial score (nSPS) is 21.8. The van der Waals surface area contributed by atoms with Crippen LogP contribution in [0.25, 0.3) is 11.1 Å². The van der Waals surface area contributed by atoms with Crippen molar-refractivity contribution in [2.45, 2.75) is 58.2 Å². The lowest BCUT2D eigenvalue weighted by Crippen LogP contribution is -2.35. The van der Waals surface area contributed by atoms with E-state index >= 15 is 0 Å². The molecular formula is C33H47N9. The summed E-state index contributed by atoms with van der Waals surface area (Å²) in [6, 6.07) is 10.6. The number of allylic oxidation sites excluding steroid dienone is 3. The third kappa shape index (κ3) is 6.41. The molecule has 42 heavy (non-hydrogen) atoms. The van der Waals surface area contributed by atoms with Gasteiger partial charge in [0.2, 0.25) is 0 Å². The van der Waals surface area contributed by atoms with Crippen LogP contribution in [0.3, 0.4) is 0 Å². The molecule has 0 saturated carbocycles. The minimum atomic E-state index is -0.415. The average molecular weight is 570 g/mol. The van der Waals surface area contributed by atoms with Gasteiger partial charge >= 0.3 is 0 Å². The first-order valence-corrected chi connectivity index (χ1v) is 14.9. The summed E-state index contributed by atoms with van der Waals surface area (Å²) < 4.78 is 4.08. The van der Waals surface area contributed by atoms with Crippen LogP contribution in [-0.2, 0) is 26.4 Å². The molecule has 0 bridgehead atoms. The van der Waals surface area contributed by atoms with Crippen molar-refractivity contribution in [3.63, 3.8) is 0 Å². The molecular weight excluding hydrogens is 522 g/mol. The molecule has 224 valence electrons. The van der Waals surface area contributed by atoms with Crippen molar-refractivity contribution in [1.29, 1.82) is 0 Å². The molecule has 0 radical (unpaired) electrons. The van der Waals surface area contributed by atoms with Crippen molar-refractivity contribution in [2.24, 2.45) is 28.7 Å². The zero-order valence-corrected chi connectivity index (χ0v) is 25.9. The minimum absolute atomic E-state index is 0. The van der Waals surface area contributed by atoms with E-state index in [2.05, 4.69) is 91.4 Å². The maximum Gasteiger partial charge on any atom is 0.149 e. The molecule has 3 N–H and O–H groups in total. The number of likely N-dealkylation sites (N-methyl/N-ethyl adjacent to an activating group) is 1. The van der Waals surface area contributed by atoms with Gasteiger partial charge in [-0.25, -0.2) is 0 Å². The first-order chi connectivity index (χ1) is 20.2. The summed E-state index contributed by atoms with van der Waals surface area (Å²) in [5, 5.41) is 13.4. The summed E-state index contributed by atoms with van der Waals surface area (Å²) in [6.45, 7) is 6.36. The highest BCUT2D eigenvalue weighted by atomic mass is 15.3. The zero-order valence-electron chi connectivity index (χ0n) is 25.9. The Morgan fingerprint density at radius 1 is 1.26 bits per heavy atom. The molecule has 1 aliphatic carbocycles. The Morgan fingerprint density at radius 2 is 2.10 bits per heavy atom. The molecule has 3 heterocycles. The largest absolute Gasteiger partial charge is 0.404 e. The van der Waals surface area contributed by atoms with Gasteiger partial charge in [0, 0.05) is 70.5 Å². The van der Waals surface area contributed by atoms with Crippen LogP contribution in [-0.4, -0.2) is 70.2 Å². The lowest BCUT2D eigenvalue weighted by atomic mass is 9.78. The Hall–Kier alpha value is -3.98. The molecule has 3 aromatic rings. The Balaban J connectivity index is 0.00000423. The third-order valence-corrected chi connectivity index (χ3v) is 8.44. The van der Waals surface area contributed by atoms with Crippen LogP contribution in [0.4, 0.5) is 5.82 Å². The Kier molecular flexibility index (Phi) is 8.77. The van der Waals surface area contributed by atoms with E-state index in [0.29, 0.717) is 5.92 Å². The van der Waals surface area contributed by atoms with Crippen LogP contribution in [0.2, 0.25) is 0 Å². The number of hydrogen-bond donors (Lipinski definition) is 2. The van der Waals surface area contributed by atoms with Crippen LogP contribution in [0.1, 0.15) is 62.6 Å². The smallest absolute Gasteiger partial charge is 0.149 e. The quantitative estimate of drug-likeness (QED) is 0.352. The number of benzene rings is 1. The first-order valence-electron chi connectivity index (χ1n) is 14.9. The molecule has 1 aromatic carbocycles. The van der Waals surface area contributed by atoms with Crippen molar-refractivity contribution in [3.8, 4) is 0 Å². The van der Waals surface area contributed by atoms with Gasteiger partial charge in [-0.15, -0.1) is 0 Å². The van der Waals surface area contributed by atoms with Crippen LogP contribution < -0.4 is 11.1 Å². The topological polar surface area (TPSA) is 102 Å². The summed E-state index contributed by atoms with van der Waals surface area (Å²) in [6.07, 6.45) is 12.2. The Bertz CT molecular complexity index is 1540. The minimum Gasteiger partial charge on any atom is -0.404 e. The van der Waals surface area contributed by atoms with Crippen LogP contribution in [0.15, 0.2) is 58.3 Å². The van der Waals surface area contributed by atoms with Crippen molar-refractivity contribution in [2.75, 3.05) is 33.0 Å². The van der Waals surface area contributed by atoms with Crippen LogP contribution in [0.5, 0.6) is 0 Å². The van der Waals surface area contributed by atoms with E-state index in [0.717, 1.165) is 62.1 Å². The van der Waals surface area contributed by atoms with Gasteiger partial charge in [-0.2, -0.15) is 10.2 Å². The fraction of sp³-hybridized carbons (Fsp3) is 0.455. The number of nitrogens with two attached hydrogens (primary N) is 1. The number of nitrogens with zero attached hydrogens (tertiary/aromatic N) is 7. The molecule has 0 amide bonds. The van der Waals surface area contributed by atoms with E-state index in [1.54, 1.807) is 19.5 Å². The molecule has 0 spiro atoms. The zero-order chi connectivity index (χ0) is 29.9. The first kappa shape index (κ1) is 29.5. The number of hydrogen-bond acceptors (Lipinski definition) is 7. The number of anilines is 1. The predicted molar refractivity (Wildman–Crippen MR) is 176 cm³/mol. The molecule has 9 nitrogen and oxygen atoms in total. The summed E-state index contributed by atoms with van der Waals surface area (Å²) in [5.41, 5.74) is 15.2. The number of aromatic nitrogens is 4. The van der Waals surface area contributed by atoms with Crippen molar-refractivity contribution >= 4 is 29.4 Å². The predicted octanol–water partition coefficient (Wildman–Crippen LogP) is 5.04. The third-order valence-electron chi connectivity index (χ3n) is 8.44. The van der Waals surface area contributed by atoms with Gasteiger partial charge in [0.1, 0.15) is 11.5 Å². The number of aryl methyl sites for hydroxylation is 2. The van der Waals surface area contributed by atoms with E-state index in [1.807, 2.05) is 10.9 Å².